The van der Waals surface area contributed by atoms with Crippen LogP contribution in [0.2, 0.25) is 0 Å². The minimum atomic E-state index is -0.927. The van der Waals surface area contributed by atoms with Gasteiger partial charge in [0.15, 0.2) is 23.1 Å². The highest BCUT2D eigenvalue weighted by molar-refractivity contribution is 6.10. The maximum Gasteiger partial charge on any atom is 0.163 e. The lowest BCUT2D eigenvalue weighted by atomic mass is 9.88. The van der Waals surface area contributed by atoms with Crippen LogP contribution in [0.15, 0.2) is 72.9 Å². The van der Waals surface area contributed by atoms with E-state index in [1.165, 1.54) is 12.1 Å². The number of carbonyl (C=O) groups excluding carboxylic acids is 2. The van der Waals surface area contributed by atoms with Gasteiger partial charge in [-0.25, -0.2) is 4.39 Å². The van der Waals surface area contributed by atoms with Gasteiger partial charge in [0.1, 0.15) is 17.3 Å². The molecule has 0 radical (unpaired) electrons. The number of hydrogen-bond donors (Lipinski definition) is 0. The van der Waals surface area contributed by atoms with Gasteiger partial charge in [-0.1, -0.05) is 24.3 Å². The number of fused-ring (bicyclic) bond motifs is 1. The summed E-state index contributed by atoms with van der Waals surface area (Å²) < 4.78 is 36.6. The number of rotatable bonds is 14. The molecule has 0 unspecified atom stereocenters. The molecule has 1 saturated heterocycles. The lowest BCUT2D eigenvalue weighted by Gasteiger charge is -2.26. The van der Waals surface area contributed by atoms with Crippen molar-refractivity contribution in [1.82, 2.24) is 9.88 Å². The molecule has 1 saturated carbocycles. The smallest absolute Gasteiger partial charge is 0.163 e. The van der Waals surface area contributed by atoms with Crippen LogP contribution in [0.1, 0.15) is 30.4 Å². The Kier molecular flexibility index (Phi) is 9.37. The summed E-state index contributed by atoms with van der Waals surface area (Å²) in [6.45, 7) is 4.99. The van der Waals surface area contributed by atoms with Gasteiger partial charge in [0, 0.05) is 50.1 Å². The third kappa shape index (κ3) is 7.32. The second-order valence-electron chi connectivity index (χ2n) is 11.6. The fraction of sp³-hybridized carbons (Fsp3) is 0.361. The zero-order chi connectivity index (χ0) is 31.2. The highest BCUT2D eigenvalue weighted by Gasteiger charge is 2.54. The van der Waals surface area contributed by atoms with E-state index >= 15 is 0 Å². The summed E-state index contributed by atoms with van der Waals surface area (Å²) in [5.41, 5.74) is 1.32. The number of ether oxygens (including phenoxy) is 4. The Morgan fingerprint density at radius 2 is 1.56 bits per heavy atom. The van der Waals surface area contributed by atoms with E-state index in [1.807, 2.05) is 36.4 Å². The largest absolute Gasteiger partial charge is 0.493 e. The first-order valence-electron chi connectivity index (χ1n) is 15.4. The van der Waals surface area contributed by atoms with Crippen molar-refractivity contribution >= 4 is 22.5 Å². The molecule has 1 aromatic heterocycles. The molecule has 0 bridgehead atoms. The third-order valence-corrected chi connectivity index (χ3v) is 8.58. The molecule has 2 aliphatic rings. The number of nitrogens with zero attached hydrogens (tertiary/aromatic N) is 2. The van der Waals surface area contributed by atoms with E-state index in [-0.39, 0.29) is 30.2 Å². The predicted molar refractivity (Wildman–Crippen MR) is 168 cm³/mol. The maximum atomic E-state index is 13.2. The second-order valence-corrected chi connectivity index (χ2v) is 11.6. The van der Waals surface area contributed by atoms with Crippen LogP contribution in [-0.4, -0.2) is 68.0 Å². The molecule has 0 spiro atoms. The van der Waals surface area contributed by atoms with Crippen molar-refractivity contribution in [3.05, 3.63) is 89.9 Å². The van der Waals surface area contributed by atoms with Crippen LogP contribution < -0.4 is 14.2 Å². The van der Waals surface area contributed by atoms with Crippen molar-refractivity contribution in [1.29, 1.82) is 0 Å². The van der Waals surface area contributed by atoms with E-state index in [0.29, 0.717) is 48.0 Å². The molecular formula is C36H37FN2O6. The van der Waals surface area contributed by atoms with Crippen LogP contribution >= 0.6 is 0 Å². The number of carbonyl (C=O) groups is 2. The van der Waals surface area contributed by atoms with Crippen LogP contribution in [0.5, 0.6) is 23.0 Å². The van der Waals surface area contributed by atoms with Crippen molar-refractivity contribution in [3.8, 4) is 23.0 Å². The normalized spacial score (nSPS) is 15.9. The van der Waals surface area contributed by atoms with E-state index in [1.54, 1.807) is 31.5 Å². The van der Waals surface area contributed by atoms with Gasteiger partial charge in [-0.05, 0) is 66.8 Å². The average Bonchev–Trinajstić information content (AvgIpc) is 3.88. The molecule has 45 heavy (non-hydrogen) atoms. The summed E-state index contributed by atoms with van der Waals surface area (Å²) in [5, 5.41) is 0.782. The van der Waals surface area contributed by atoms with E-state index in [2.05, 4.69) is 9.88 Å². The number of Topliss-reactive ketones (excluding diaryl/α,β-unsaturated/α-hetero) is 2. The van der Waals surface area contributed by atoms with Crippen molar-refractivity contribution < 1.29 is 32.9 Å². The minimum Gasteiger partial charge on any atom is -0.493 e. The zero-order valence-corrected chi connectivity index (χ0v) is 25.4. The summed E-state index contributed by atoms with van der Waals surface area (Å²) in [7, 11) is 1.61. The Labute approximate surface area is 262 Å². The number of hydrogen-bond acceptors (Lipinski definition) is 8. The van der Waals surface area contributed by atoms with Crippen LogP contribution in [0, 0.1) is 11.2 Å². The van der Waals surface area contributed by atoms with Crippen LogP contribution in [-0.2, 0) is 27.2 Å². The van der Waals surface area contributed by atoms with Gasteiger partial charge in [-0.3, -0.25) is 19.5 Å². The Bertz CT molecular complexity index is 1650. The van der Waals surface area contributed by atoms with Crippen molar-refractivity contribution in [2.75, 3.05) is 46.6 Å². The zero-order valence-electron chi connectivity index (χ0n) is 25.4. The summed E-state index contributed by atoms with van der Waals surface area (Å²) in [6, 6.07) is 18.7. The van der Waals surface area contributed by atoms with E-state index in [0.717, 1.165) is 55.7 Å². The Balaban J connectivity index is 1.07. The number of halogens is 1. The number of morpholine rings is 1. The summed E-state index contributed by atoms with van der Waals surface area (Å²) >= 11 is 0. The maximum absolute atomic E-state index is 13.2. The lowest BCUT2D eigenvalue weighted by Crippen LogP contribution is -2.37. The minimum absolute atomic E-state index is 0.0744. The molecule has 9 heteroatoms. The summed E-state index contributed by atoms with van der Waals surface area (Å²) in [4.78, 5) is 33.1. The van der Waals surface area contributed by atoms with Gasteiger partial charge in [0.2, 0.25) is 0 Å². The van der Waals surface area contributed by atoms with Crippen molar-refractivity contribution in [2.45, 2.75) is 32.1 Å². The van der Waals surface area contributed by atoms with Gasteiger partial charge >= 0.3 is 0 Å². The summed E-state index contributed by atoms with van der Waals surface area (Å²) in [5.74, 6) is 1.94. The molecule has 0 atom stereocenters. The fourth-order valence-electron chi connectivity index (χ4n) is 5.74. The molecule has 8 nitrogen and oxygen atoms in total. The van der Waals surface area contributed by atoms with Crippen LogP contribution in [0.3, 0.4) is 0 Å². The molecule has 1 aliphatic heterocycles. The lowest BCUT2D eigenvalue weighted by molar-refractivity contribution is -0.133. The van der Waals surface area contributed by atoms with E-state index < -0.39 is 5.41 Å². The number of aromatic nitrogens is 1. The van der Waals surface area contributed by atoms with E-state index in [4.69, 9.17) is 18.9 Å². The standard InChI is InChI=1S/C36H37FN2O6/c1-42-32-23-29-30(24-33(32)44-18-2-15-39-16-19-43-20-17-39)38-14-11-31(29)45-28-9-5-26(6-10-28)22-35(41)36(12-13-36)34(40)21-25-3-7-27(37)8-4-25/h3-11,14,23-24H,2,12-13,15-22H2,1H3. The van der Waals surface area contributed by atoms with E-state index in [9.17, 15) is 14.0 Å². The molecule has 234 valence electrons. The molecule has 6 rings (SSSR count). The van der Waals surface area contributed by atoms with Crippen molar-refractivity contribution in [3.63, 3.8) is 0 Å². The van der Waals surface area contributed by atoms with Crippen LogP contribution in [0.4, 0.5) is 4.39 Å². The number of pyridine rings is 1. The predicted octanol–water partition coefficient (Wildman–Crippen LogP) is 5.98. The third-order valence-electron chi connectivity index (χ3n) is 8.58. The molecular weight excluding hydrogens is 575 g/mol. The number of methoxy groups -OCH3 is 1. The Morgan fingerprint density at radius 1 is 0.889 bits per heavy atom. The topological polar surface area (TPSA) is 87.2 Å². The molecule has 2 fully saturated rings. The second kappa shape index (κ2) is 13.7. The van der Waals surface area contributed by atoms with Crippen molar-refractivity contribution in [2.24, 2.45) is 5.41 Å². The van der Waals surface area contributed by atoms with Gasteiger partial charge in [-0.2, -0.15) is 0 Å². The molecule has 1 aliphatic carbocycles. The first kappa shape index (κ1) is 30.7. The average molecular weight is 613 g/mol. The Morgan fingerprint density at radius 3 is 2.20 bits per heavy atom. The first-order chi connectivity index (χ1) is 21.9. The van der Waals surface area contributed by atoms with Gasteiger partial charge in [0.05, 0.1) is 37.9 Å². The number of ketones is 2. The highest BCUT2D eigenvalue weighted by Crippen LogP contribution is 2.49. The van der Waals surface area contributed by atoms with Gasteiger partial charge in [0.25, 0.3) is 0 Å². The highest BCUT2D eigenvalue weighted by atomic mass is 19.1. The van der Waals surface area contributed by atoms with Gasteiger partial charge < -0.3 is 18.9 Å². The molecule has 3 aromatic carbocycles. The van der Waals surface area contributed by atoms with Crippen LogP contribution in [0.25, 0.3) is 10.9 Å². The molecule has 0 amide bonds. The quantitative estimate of drug-likeness (QED) is 0.127. The Hall–Kier alpha value is -4.34. The molecule has 4 aromatic rings. The molecule has 2 heterocycles. The van der Waals surface area contributed by atoms with Gasteiger partial charge in [-0.15, -0.1) is 0 Å². The fourth-order valence-corrected chi connectivity index (χ4v) is 5.74. The summed E-state index contributed by atoms with van der Waals surface area (Å²) in [6.07, 6.45) is 4.01. The SMILES string of the molecule is COc1cc2c(Oc3ccc(CC(=O)C4(C(=O)Cc5ccc(F)cc5)CC4)cc3)ccnc2cc1OCCCN1CCOCC1. The number of benzene rings is 3. The molecule has 0 N–H and O–H groups in total. The first-order valence-corrected chi connectivity index (χ1v) is 15.4. The monoisotopic (exact) mass is 612 g/mol.